The minimum atomic E-state index is 0.338. The van der Waals surface area contributed by atoms with Crippen molar-refractivity contribution in [1.82, 2.24) is 10.2 Å². The first-order chi connectivity index (χ1) is 9.85. The second-order valence-corrected chi connectivity index (χ2v) is 5.65. The Balaban J connectivity index is 2.03. The third-order valence-corrected chi connectivity index (χ3v) is 4.25. The Kier molecular flexibility index (Phi) is 6.34. The molecule has 1 unspecified atom stereocenters. The van der Waals surface area contributed by atoms with Gasteiger partial charge < -0.3 is 15.0 Å². The van der Waals surface area contributed by atoms with Gasteiger partial charge in [-0.1, -0.05) is 37.5 Å². The molecule has 1 aromatic carbocycles. The number of ether oxygens (including phenoxy) is 1. The fraction of sp³-hybridized carbons (Fsp3) is 0.647. The molecule has 20 heavy (non-hydrogen) atoms. The van der Waals surface area contributed by atoms with Crippen LogP contribution in [0.4, 0.5) is 0 Å². The maximum atomic E-state index is 5.50. The molecule has 1 fully saturated rings. The van der Waals surface area contributed by atoms with E-state index in [1.807, 2.05) is 19.2 Å². The minimum absolute atomic E-state index is 0.338. The molecule has 1 aliphatic heterocycles. The van der Waals surface area contributed by atoms with Gasteiger partial charge in [-0.3, -0.25) is 0 Å². The van der Waals surface area contributed by atoms with E-state index in [0.717, 1.165) is 12.3 Å². The van der Waals surface area contributed by atoms with E-state index < -0.39 is 0 Å². The van der Waals surface area contributed by atoms with E-state index in [2.05, 4.69) is 22.3 Å². The summed E-state index contributed by atoms with van der Waals surface area (Å²) in [5.74, 6) is 0.985. The Morgan fingerprint density at radius 1 is 1.10 bits per heavy atom. The second kappa shape index (κ2) is 8.28. The van der Waals surface area contributed by atoms with Crippen LogP contribution in [0.3, 0.4) is 0 Å². The molecule has 1 aliphatic rings. The van der Waals surface area contributed by atoms with Gasteiger partial charge >= 0.3 is 0 Å². The van der Waals surface area contributed by atoms with E-state index in [1.165, 1.54) is 50.8 Å². The first-order valence-corrected chi connectivity index (χ1v) is 7.87. The van der Waals surface area contributed by atoms with Crippen molar-refractivity contribution in [1.29, 1.82) is 0 Å². The first kappa shape index (κ1) is 15.3. The molecule has 1 atom stereocenters. The topological polar surface area (TPSA) is 24.5 Å². The molecule has 1 heterocycles. The van der Waals surface area contributed by atoms with Crippen molar-refractivity contribution in [2.75, 3.05) is 33.8 Å². The number of nitrogens with one attached hydrogen (secondary N) is 1. The molecule has 0 amide bonds. The van der Waals surface area contributed by atoms with Crippen molar-refractivity contribution >= 4 is 0 Å². The lowest BCUT2D eigenvalue weighted by molar-refractivity contribution is 0.223. The molecule has 0 spiro atoms. The second-order valence-electron chi connectivity index (χ2n) is 5.65. The smallest absolute Gasteiger partial charge is 0.123 e. The number of nitrogens with zero attached hydrogens (tertiary/aromatic N) is 1. The number of para-hydroxylation sites is 1. The molecule has 0 saturated carbocycles. The quantitative estimate of drug-likeness (QED) is 0.893. The van der Waals surface area contributed by atoms with Crippen LogP contribution < -0.4 is 10.1 Å². The van der Waals surface area contributed by atoms with Gasteiger partial charge in [-0.2, -0.15) is 0 Å². The molecule has 0 radical (unpaired) electrons. The normalized spacial score (nSPS) is 19.1. The molecule has 2 rings (SSSR count). The van der Waals surface area contributed by atoms with Crippen molar-refractivity contribution in [3.63, 3.8) is 0 Å². The number of methoxy groups -OCH3 is 1. The summed E-state index contributed by atoms with van der Waals surface area (Å²) in [7, 11) is 3.79. The minimum Gasteiger partial charge on any atom is -0.496 e. The summed E-state index contributed by atoms with van der Waals surface area (Å²) >= 11 is 0. The molecule has 1 saturated heterocycles. The predicted molar refractivity (Wildman–Crippen MR) is 84.3 cm³/mol. The highest BCUT2D eigenvalue weighted by atomic mass is 16.5. The lowest BCUT2D eigenvalue weighted by atomic mass is 10.0. The molecule has 1 aromatic rings. The van der Waals surface area contributed by atoms with Gasteiger partial charge in [-0.05, 0) is 39.0 Å². The van der Waals surface area contributed by atoms with Crippen LogP contribution in [-0.2, 0) is 0 Å². The van der Waals surface area contributed by atoms with E-state index >= 15 is 0 Å². The Bertz CT molecular complexity index is 386. The average molecular weight is 276 g/mol. The Morgan fingerprint density at radius 3 is 2.40 bits per heavy atom. The zero-order chi connectivity index (χ0) is 14.2. The maximum Gasteiger partial charge on any atom is 0.123 e. The van der Waals surface area contributed by atoms with Gasteiger partial charge in [0.1, 0.15) is 5.75 Å². The highest BCUT2D eigenvalue weighted by molar-refractivity contribution is 5.36. The standard InChI is InChI=1S/C17H28N2O/c1-18-16(15-10-6-7-11-17(15)20-2)14-19-12-8-4-3-5-9-13-19/h6-7,10-11,16,18H,3-5,8-9,12-14H2,1-2H3. The summed E-state index contributed by atoms with van der Waals surface area (Å²) in [5, 5.41) is 3.45. The molecular weight excluding hydrogens is 248 g/mol. The van der Waals surface area contributed by atoms with Crippen LogP contribution in [0.5, 0.6) is 5.75 Å². The molecule has 112 valence electrons. The molecule has 0 bridgehead atoms. The van der Waals surface area contributed by atoms with Crippen molar-refractivity contribution in [3.05, 3.63) is 29.8 Å². The molecule has 1 N–H and O–H groups in total. The first-order valence-electron chi connectivity index (χ1n) is 7.87. The van der Waals surface area contributed by atoms with Gasteiger partial charge in [0.15, 0.2) is 0 Å². The van der Waals surface area contributed by atoms with Crippen LogP contribution in [0.1, 0.15) is 43.7 Å². The van der Waals surface area contributed by atoms with Crippen molar-refractivity contribution in [2.24, 2.45) is 0 Å². The summed E-state index contributed by atoms with van der Waals surface area (Å²) in [6.45, 7) is 3.53. The lowest BCUT2D eigenvalue weighted by Gasteiger charge is -2.29. The van der Waals surface area contributed by atoms with Crippen molar-refractivity contribution < 1.29 is 4.74 Å². The molecule has 0 aromatic heterocycles. The van der Waals surface area contributed by atoms with Crippen LogP contribution in [0.2, 0.25) is 0 Å². The molecular formula is C17H28N2O. The number of hydrogen-bond acceptors (Lipinski definition) is 3. The van der Waals surface area contributed by atoms with E-state index in [-0.39, 0.29) is 0 Å². The SMILES string of the molecule is CNC(CN1CCCCCCC1)c1ccccc1OC. The van der Waals surface area contributed by atoms with Gasteiger partial charge in [-0.25, -0.2) is 0 Å². The van der Waals surface area contributed by atoms with Crippen molar-refractivity contribution in [3.8, 4) is 5.75 Å². The molecule has 0 aliphatic carbocycles. The Labute approximate surface area is 123 Å². The number of likely N-dealkylation sites (N-methyl/N-ethyl adjacent to an activating group) is 1. The summed E-state index contributed by atoms with van der Waals surface area (Å²) in [6, 6.07) is 8.68. The van der Waals surface area contributed by atoms with E-state index in [4.69, 9.17) is 4.74 Å². The fourth-order valence-electron chi connectivity index (χ4n) is 3.05. The van der Waals surface area contributed by atoms with E-state index in [0.29, 0.717) is 6.04 Å². The summed E-state index contributed by atoms with van der Waals surface area (Å²) < 4.78 is 5.50. The van der Waals surface area contributed by atoms with Crippen LogP contribution in [-0.4, -0.2) is 38.7 Å². The summed E-state index contributed by atoms with van der Waals surface area (Å²) in [4.78, 5) is 2.60. The maximum absolute atomic E-state index is 5.50. The third kappa shape index (κ3) is 4.22. The van der Waals surface area contributed by atoms with Gasteiger partial charge in [0.25, 0.3) is 0 Å². The monoisotopic (exact) mass is 276 g/mol. The number of benzene rings is 1. The van der Waals surface area contributed by atoms with Crippen LogP contribution in [0, 0.1) is 0 Å². The highest BCUT2D eigenvalue weighted by Crippen LogP contribution is 2.25. The molecule has 3 nitrogen and oxygen atoms in total. The zero-order valence-electron chi connectivity index (χ0n) is 12.9. The van der Waals surface area contributed by atoms with Crippen LogP contribution >= 0.6 is 0 Å². The van der Waals surface area contributed by atoms with E-state index in [1.54, 1.807) is 7.11 Å². The largest absolute Gasteiger partial charge is 0.496 e. The number of rotatable bonds is 5. The van der Waals surface area contributed by atoms with E-state index in [9.17, 15) is 0 Å². The fourth-order valence-corrected chi connectivity index (χ4v) is 3.05. The van der Waals surface area contributed by atoms with Crippen LogP contribution in [0.15, 0.2) is 24.3 Å². The Morgan fingerprint density at radius 2 is 1.75 bits per heavy atom. The van der Waals surface area contributed by atoms with Crippen molar-refractivity contribution in [2.45, 2.75) is 38.1 Å². The highest BCUT2D eigenvalue weighted by Gasteiger charge is 2.18. The average Bonchev–Trinajstić information content (AvgIpc) is 2.46. The lowest BCUT2D eigenvalue weighted by Crippen LogP contribution is -2.36. The van der Waals surface area contributed by atoms with Gasteiger partial charge in [-0.15, -0.1) is 0 Å². The number of hydrogen-bond donors (Lipinski definition) is 1. The predicted octanol–water partition coefficient (Wildman–Crippen LogP) is 3.22. The van der Waals surface area contributed by atoms with Crippen LogP contribution in [0.25, 0.3) is 0 Å². The number of likely N-dealkylation sites (tertiary alicyclic amines) is 1. The van der Waals surface area contributed by atoms with Gasteiger partial charge in [0.05, 0.1) is 7.11 Å². The summed E-state index contributed by atoms with van der Waals surface area (Å²) in [6.07, 6.45) is 6.85. The summed E-state index contributed by atoms with van der Waals surface area (Å²) in [5.41, 5.74) is 1.26. The van der Waals surface area contributed by atoms with Gasteiger partial charge in [0.2, 0.25) is 0 Å². The Hall–Kier alpha value is -1.06. The third-order valence-electron chi connectivity index (χ3n) is 4.25. The molecule has 3 heteroatoms. The van der Waals surface area contributed by atoms with Gasteiger partial charge in [0, 0.05) is 18.2 Å². The zero-order valence-corrected chi connectivity index (χ0v) is 12.9.